The van der Waals surface area contributed by atoms with E-state index in [0.717, 1.165) is 59.8 Å². The largest absolute Gasteiger partial charge is 0.341 e. The first-order valence-corrected chi connectivity index (χ1v) is 17.3. The fourth-order valence-electron chi connectivity index (χ4n) is 8.62. The van der Waals surface area contributed by atoms with Crippen molar-refractivity contribution >= 4 is 58.1 Å². The van der Waals surface area contributed by atoms with Crippen LogP contribution in [0.3, 0.4) is 0 Å². The van der Waals surface area contributed by atoms with E-state index in [1.54, 1.807) is 16.3 Å². The molecule has 1 aromatic heterocycles. The minimum Gasteiger partial charge on any atom is -0.341 e. The van der Waals surface area contributed by atoms with Crippen molar-refractivity contribution in [2.75, 3.05) is 18.0 Å². The molecule has 2 aliphatic carbocycles. The van der Waals surface area contributed by atoms with Crippen LogP contribution in [0.5, 0.6) is 0 Å². The number of nitrogens with zero attached hydrogens (tertiary/aromatic N) is 3. The minimum absolute atomic E-state index is 0.00789. The number of carbonyl (C=O) groups is 3. The van der Waals surface area contributed by atoms with Crippen LogP contribution in [-0.2, 0) is 20.9 Å². The Morgan fingerprint density at radius 2 is 1.58 bits per heavy atom. The zero-order valence-electron chi connectivity index (χ0n) is 23.8. The van der Waals surface area contributed by atoms with Gasteiger partial charge in [-0.25, -0.2) is 0 Å². The lowest BCUT2D eigenvalue weighted by molar-refractivity contribution is -0.133. The smallest absolute Gasteiger partial charge is 0.308 e. The van der Waals surface area contributed by atoms with Crippen LogP contribution in [-0.4, -0.2) is 45.5 Å². The number of thiazole rings is 1. The van der Waals surface area contributed by atoms with E-state index < -0.39 is 0 Å². The lowest BCUT2D eigenvalue weighted by atomic mass is 9.68. The standard InChI is InChI=1S/C33H32ClN3O4S2/c1-17-5-11-20(12-6-17)37-30(39)26-21-15-22(27(26)31(37)40)28-25(21)24(18-7-9-19(34)10-8-18)29-32(42-28)36(33(41)43-29)16-23(38)35-13-3-2-4-14-35/h5-12,21-22,24-28H,2-4,13-16H2,1H3. The average Bonchev–Trinajstić information content (AvgIpc) is 3.73. The highest BCUT2D eigenvalue weighted by Gasteiger charge is 2.69. The molecule has 5 aliphatic rings. The van der Waals surface area contributed by atoms with Gasteiger partial charge in [0, 0.05) is 34.2 Å². The summed E-state index contributed by atoms with van der Waals surface area (Å²) in [5, 5.41) is 1.57. The summed E-state index contributed by atoms with van der Waals surface area (Å²) < 4.78 is 1.68. The summed E-state index contributed by atoms with van der Waals surface area (Å²) in [6, 6.07) is 15.4. The van der Waals surface area contributed by atoms with E-state index in [9.17, 15) is 19.2 Å². The molecule has 2 aromatic carbocycles. The van der Waals surface area contributed by atoms with Crippen molar-refractivity contribution in [2.24, 2.45) is 29.6 Å². The first-order chi connectivity index (χ1) is 20.8. The van der Waals surface area contributed by atoms with E-state index in [2.05, 4.69) is 0 Å². The number of likely N-dealkylation sites (tertiary alicyclic amines) is 1. The lowest BCUT2D eigenvalue weighted by Crippen LogP contribution is -2.43. The number of anilines is 1. The highest BCUT2D eigenvalue weighted by atomic mass is 35.5. The van der Waals surface area contributed by atoms with Crippen LogP contribution in [0, 0.1) is 36.5 Å². The van der Waals surface area contributed by atoms with Crippen LogP contribution in [0.2, 0.25) is 5.02 Å². The molecule has 7 nitrogen and oxygen atoms in total. The number of rotatable bonds is 4. The number of halogens is 1. The summed E-state index contributed by atoms with van der Waals surface area (Å²) in [5.74, 6) is -0.832. The second-order valence-electron chi connectivity index (χ2n) is 12.7. The molecule has 3 aromatic rings. The SMILES string of the molecule is Cc1ccc(N2C(=O)C3C4CC(C3C2=O)C2C(c3ccc(Cl)cc3)c3sc(=O)n(CC(=O)N5CCCCC5)c3SC42)cc1. The van der Waals surface area contributed by atoms with Crippen LogP contribution < -0.4 is 9.77 Å². The molecule has 2 saturated heterocycles. The normalized spacial score (nSPS) is 30.9. The molecule has 4 fully saturated rings. The third kappa shape index (κ3) is 4.21. The van der Waals surface area contributed by atoms with Crippen LogP contribution in [0.15, 0.2) is 58.4 Å². The fourth-order valence-corrected chi connectivity index (χ4v) is 11.9. The highest BCUT2D eigenvalue weighted by Crippen LogP contribution is 2.69. The van der Waals surface area contributed by atoms with Crippen LogP contribution >= 0.6 is 34.7 Å². The predicted molar refractivity (Wildman–Crippen MR) is 168 cm³/mol. The quantitative estimate of drug-likeness (QED) is 0.352. The molecule has 8 rings (SSSR count). The Balaban J connectivity index is 1.19. The molecule has 4 heterocycles. The topological polar surface area (TPSA) is 79.7 Å². The van der Waals surface area contributed by atoms with Crippen LogP contribution in [0.25, 0.3) is 0 Å². The number of aryl methyl sites for hydroxylation is 1. The maximum atomic E-state index is 14.0. The first-order valence-electron chi connectivity index (χ1n) is 15.2. The number of amides is 3. The summed E-state index contributed by atoms with van der Waals surface area (Å²) >= 11 is 9.20. The second-order valence-corrected chi connectivity index (χ2v) is 15.3. The van der Waals surface area contributed by atoms with E-state index >= 15 is 0 Å². The number of thioether (sulfide) groups is 1. The average molecular weight is 634 g/mol. The molecule has 222 valence electrons. The third-order valence-corrected chi connectivity index (χ3v) is 13.5. The predicted octanol–water partition coefficient (Wildman–Crippen LogP) is 5.56. The number of fused-ring (bicyclic) bond motifs is 9. The number of hydrogen-bond donors (Lipinski definition) is 0. The number of hydrogen-bond acceptors (Lipinski definition) is 6. The van der Waals surface area contributed by atoms with Gasteiger partial charge in [-0.05, 0) is 80.2 Å². The molecule has 7 atom stereocenters. The molecule has 43 heavy (non-hydrogen) atoms. The first kappa shape index (κ1) is 27.7. The van der Waals surface area contributed by atoms with Crippen molar-refractivity contribution in [3.05, 3.63) is 79.2 Å². The van der Waals surface area contributed by atoms with Gasteiger partial charge in [0.2, 0.25) is 17.7 Å². The molecule has 10 heteroatoms. The second kappa shape index (κ2) is 10.3. The number of carbonyl (C=O) groups excluding carboxylic acids is 3. The van der Waals surface area contributed by atoms with Gasteiger partial charge in [-0.2, -0.15) is 0 Å². The van der Waals surface area contributed by atoms with Crippen molar-refractivity contribution in [1.29, 1.82) is 0 Å². The van der Waals surface area contributed by atoms with Crippen molar-refractivity contribution < 1.29 is 14.4 Å². The highest BCUT2D eigenvalue weighted by molar-refractivity contribution is 8.00. The number of imide groups is 1. The summed E-state index contributed by atoms with van der Waals surface area (Å²) in [4.78, 5) is 59.0. The van der Waals surface area contributed by atoms with Crippen LogP contribution in [0.4, 0.5) is 5.69 Å². The summed E-state index contributed by atoms with van der Waals surface area (Å²) in [6.07, 6.45) is 3.95. The monoisotopic (exact) mass is 633 g/mol. The van der Waals surface area contributed by atoms with Crippen LogP contribution in [0.1, 0.15) is 47.6 Å². The molecule has 0 radical (unpaired) electrons. The van der Waals surface area contributed by atoms with E-state index in [-0.39, 0.29) is 69.9 Å². The zero-order chi connectivity index (χ0) is 29.6. The van der Waals surface area contributed by atoms with E-state index in [1.807, 2.05) is 60.4 Å². The summed E-state index contributed by atoms with van der Waals surface area (Å²) in [6.45, 7) is 3.52. The van der Waals surface area contributed by atoms with Crippen molar-refractivity contribution in [2.45, 2.75) is 55.3 Å². The van der Waals surface area contributed by atoms with Gasteiger partial charge in [0.25, 0.3) is 0 Å². The molecule has 2 saturated carbocycles. The van der Waals surface area contributed by atoms with Gasteiger partial charge in [0.15, 0.2) is 0 Å². The van der Waals surface area contributed by atoms with Crippen molar-refractivity contribution in [1.82, 2.24) is 9.47 Å². The Morgan fingerprint density at radius 3 is 2.28 bits per heavy atom. The zero-order valence-corrected chi connectivity index (χ0v) is 26.2. The Labute approximate surface area is 263 Å². The van der Waals surface area contributed by atoms with Gasteiger partial charge >= 0.3 is 4.87 Å². The lowest BCUT2D eigenvalue weighted by Gasteiger charge is -2.43. The Morgan fingerprint density at radius 1 is 0.907 bits per heavy atom. The maximum Gasteiger partial charge on any atom is 0.308 e. The Bertz CT molecular complexity index is 1690. The third-order valence-electron chi connectivity index (χ3n) is 10.5. The maximum absolute atomic E-state index is 14.0. The molecule has 0 spiro atoms. The Hall–Kier alpha value is -2.88. The molecular formula is C33H32ClN3O4S2. The summed E-state index contributed by atoms with van der Waals surface area (Å²) in [7, 11) is 0. The summed E-state index contributed by atoms with van der Waals surface area (Å²) in [5.41, 5.74) is 2.78. The molecule has 0 N–H and O–H groups in total. The molecular weight excluding hydrogens is 602 g/mol. The van der Waals surface area contributed by atoms with Gasteiger partial charge in [-0.15, -0.1) is 11.8 Å². The molecule has 3 aliphatic heterocycles. The van der Waals surface area contributed by atoms with Gasteiger partial charge in [-0.1, -0.05) is 52.8 Å². The molecule has 3 amide bonds. The van der Waals surface area contributed by atoms with Gasteiger partial charge in [0.05, 0.1) is 22.5 Å². The van der Waals surface area contributed by atoms with Crippen molar-refractivity contribution in [3.63, 3.8) is 0 Å². The fraction of sp³-hybridized carbons (Fsp3) is 0.455. The van der Waals surface area contributed by atoms with Gasteiger partial charge in [0.1, 0.15) is 6.54 Å². The number of piperidine rings is 1. The van der Waals surface area contributed by atoms with Gasteiger partial charge < -0.3 is 4.90 Å². The number of benzene rings is 2. The van der Waals surface area contributed by atoms with E-state index in [4.69, 9.17) is 11.6 Å². The van der Waals surface area contributed by atoms with Crippen molar-refractivity contribution in [3.8, 4) is 0 Å². The Kier molecular flexibility index (Phi) is 6.65. The molecule has 2 bridgehead atoms. The molecule has 7 unspecified atom stereocenters. The minimum atomic E-state index is -0.353. The van der Waals surface area contributed by atoms with Gasteiger partial charge in [-0.3, -0.25) is 28.6 Å². The van der Waals surface area contributed by atoms with E-state index in [0.29, 0.717) is 10.7 Å². The number of aromatic nitrogens is 1. The van der Waals surface area contributed by atoms with E-state index in [1.165, 1.54) is 16.2 Å².